The second-order valence-electron chi connectivity index (χ2n) is 5.73. The zero-order valence-electron chi connectivity index (χ0n) is 14.4. The maximum atomic E-state index is 13.4. The normalized spacial score (nSPS) is 12.5. The molecule has 0 aliphatic rings. The monoisotopic (exact) mass is 493 g/mol. The second kappa shape index (κ2) is 10.5. The molecule has 0 fully saturated rings. The van der Waals surface area contributed by atoms with Crippen molar-refractivity contribution in [3.05, 3.63) is 58.9 Å². The van der Waals surface area contributed by atoms with Gasteiger partial charge in [-0.05, 0) is 55.8 Å². The number of rotatable bonds is 6. The van der Waals surface area contributed by atoms with Gasteiger partial charge in [-0.3, -0.25) is 4.99 Å². The Morgan fingerprint density at radius 3 is 2.50 bits per heavy atom. The number of anilines is 1. The zero-order chi connectivity index (χ0) is 18.4. The van der Waals surface area contributed by atoms with E-state index in [0.29, 0.717) is 5.56 Å². The van der Waals surface area contributed by atoms with Gasteiger partial charge in [-0.25, -0.2) is 4.39 Å². The number of nitrogens with two attached hydrogens (primary N) is 1. The SMILES string of the molecule is CC(C)Oc1ccc(NC(N)=NCC(O)c2ccc(Cl)c(F)c2)cc1.I. The van der Waals surface area contributed by atoms with Crippen LogP contribution in [0, 0.1) is 5.82 Å². The van der Waals surface area contributed by atoms with Gasteiger partial charge in [-0.2, -0.15) is 0 Å². The highest BCUT2D eigenvalue weighted by molar-refractivity contribution is 14.0. The van der Waals surface area contributed by atoms with Crippen LogP contribution >= 0.6 is 35.6 Å². The van der Waals surface area contributed by atoms with Crippen LogP contribution in [0.3, 0.4) is 0 Å². The second-order valence-corrected chi connectivity index (χ2v) is 6.14. The minimum atomic E-state index is -0.978. The lowest BCUT2D eigenvalue weighted by Gasteiger charge is -2.12. The van der Waals surface area contributed by atoms with Crippen molar-refractivity contribution in [3.63, 3.8) is 0 Å². The Labute approximate surface area is 174 Å². The van der Waals surface area contributed by atoms with Gasteiger partial charge in [0.1, 0.15) is 11.6 Å². The predicted octanol–water partition coefficient (Wildman–Crippen LogP) is 4.34. The predicted molar refractivity (Wildman–Crippen MR) is 114 cm³/mol. The topological polar surface area (TPSA) is 79.9 Å². The number of hydrogen-bond acceptors (Lipinski definition) is 3. The van der Waals surface area contributed by atoms with Crippen LogP contribution in [0.5, 0.6) is 5.75 Å². The van der Waals surface area contributed by atoms with Gasteiger partial charge in [0, 0.05) is 5.69 Å². The Kier molecular flexibility index (Phi) is 9.11. The lowest BCUT2D eigenvalue weighted by Crippen LogP contribution is -2.23. The summed E-state index contributed by atoms with van der Waals surface area (Å²) in [6, 6.07) is 11.4. The van der Waals surface area contributed by atoms with Crippen LogP contribution in [0.25, 0.3) is 0 Å². The molecule has 1 unspecified atom stereocenters. The fraction of sp³-hybridized carbons (Fsp3) is 0.278. The summed E-state index contributed by atoms with van der Waals surface area (Å²) in [5, 5.41) is 13.0. The van der Waals surface area contributed by atoms with Crippen molar-refractivity contribution in [2.75, 3.05) is 11.9 Å². The number of hydrogen-bond donors (Lipinski definition) is 3. The third kappa shape index (κ3) is 6.97. The van der Waals surface area contributed by atoms with Gasteiger partial charge in [-0.1, -0.05) is 17.7 Å². The molecule has 0 heterocycles. The summed E-state index contributed by atoms with van der Waals surface area (Å²) in [5.74, 6) is 0.319. The number of ether oxygens (including phenoxy) is 1. The van der Waals surface area contributed by atoms with Crippen LogP contribution in [0.2, 0.25) is 5.02 Å². The van der Waals surface area contributed by atoms with Gasteiger partial charge >= 0.3 is 0 Å². The Morgan fingerprint density at radius 1 is 1.27 bits per heavy atom. The highest BCUT2D eigenvalue weighted by Gasteiger charge is 2.10. The molecule has 0 saturated carbocycles. The van der Waals surface area contributed by atoms with Crippen molar-refractivity contribution in [1.82, 2.24) is 0 Å². The first kappa shape index (κ1) is 22.5. The molecule has 0 amide bonds. The molecule has 142 valence electrons. The van der Waals surface area contributed by atoms with E-state index in [2.05, 4.69) is 10.3 Å². The molecule has 2 rings (SSSR count). The summed E-state index contributed by atoms with van der Waals surface area (Å²) >= 11 is 5.62. The average Bonchev–Trinajstić information content (AvgIpc) is 2.56. The van der Waals surface area contributed by atoms with Crippen molar-refractivity contribution < 1.29 is 14.2 Å². The molecular formula is C18H22ClFIN3O2. The summed E-state index contributed by atoms with van der Waals surface area (Å²) < 4.78 is 19.0. The maximum Gasteiger partial charge on any atom is 0.193 e. The number of aliphatic imine (C=N–C) groups is 1. The van der Waals surface area contributed by atoms with E-state index in [1.807, 2.05) is 38.1 Å². The minimum absolute atomic E-state index is 0. The average molecular weight is 494 g/mol. The fourth-order valence-electron chi connectivity index (χ4n) is 2.09. The van der Waals surface area contributed by atoms with Crippen molar-refractivity contribution in [2.45, 2.75) is 26.1 Å². The Hall–Kier alpha value is -1.58. The molecule has 2 aromatic carbocycles. The molecular weight excluding hydrogens is 472 g/mol. The van der Waals surface area contributed by atoms with Gasteiger partial charge in [-0.15, -0.1) is 24.0 Å². The lowest BCUT2D eigenvalue weighted by atomic mass is 10.1. The third-order valence-electron chi connectivity index (χ3n) is 3.26. The van der Waals surface area contributed by atoms with Gasteiger partial charge in [0.25, 0.3) is 0 Å². The van der Waals surface area contributed by atoms with Gasteiger partial charge in [0.05, 0.1) is 23.8 Å². The van der Waals surface area contributed by atoms with E-state index in [4.69, 9.17) is 22.1 Å². The molecule has 2 aromatic rings. The molecule has 0 aromatic heterocycles. The van der Waals surface area contributed by atoms with E-state index in [1.165, 1.54) is 12.1 Å². The highest BCUT2D eigenvalue weighted by atomic mass is 127. The Balaban J connectivity index is 0.00000338. The smallest absolute Gasteiger partial charge is 0.193 e. The molecule has 1 atom stereocenters. The molecule has 5 nitrogen and oxygen atoms in total. The van der Waals surface area contributed by atoms with Gasteiger partial charge < -0.3 is 20.9 Å². The number of benzene rings is 2. The first-order valence-electron chi connectivity index (χ1n) is 7.82. The fourth-order valence-corrected chi connectivity index (χ4v) is 2.20. The van der Waals surface area contributed by atoms with Gasteiger partial charge in [0.15, 0.2) is 5.96 Å². The summed E-state index contributed by atoms with van der Waals surface area (Å²) in [4.78, 5) is 4.07. The number of guanidine groups is 1. The van der Waals surface area contributed by atoms with Crippen LogP contribution in [-0.4, -0.2) is 23.7 Å². The Bertz CT molecular complexity index is 742. The molecule has 0 aliphatic heterocycles. The third-order valence-corrected chi connectivity index (χ3v) is 3.57. The van der Waals surface area contributed by atoms with Crippen molar-refractivity contribution >= 4 is 47.2 Å². The van der Waals surface area contributed by atoms with Crippen LogP contribution in [-0.2, 0) is 0 Å². The lowest BCUT2D eigenvalue weighted by molar-refractivity contribution is 0.187. The van der Waals surface area contributed by atoms with E-state index >= 15 is 0 Å². The zero-order valence-corrected chi connectivity index (χ0v) is 17.5. The molecule has 4 N–H and O–H groups in total. The number of aliphatic hydroxyl groups excluding tert-OH is 1. The van der Waals surface area contributed by atoms with Crippen LogP contribution in [0.4, 0.5) is 10.1 Å². The van der Waals surface area contributed by atoms with E-state index < -0.39 is 11.9 Å². The van der Waals surface area contributed by atoms with Crippen LogP contribution < -0.4 is 15.8 Å². The Morgan fingerprint density at radius 2 is 1.92 bits per heavy atom. The number of nitrogens with one attached hydrogen (secondary N) is 1. The van der Waals surface area contributed by atoms with Crippen molar-refractivity contribution in [1.29, 1.82) is 0 Å². The number of aliphatic hydroxyl groups is 1. The number of nitrogens with zero attached hydrogens (tertiary/aromatic N) is 1. The van der Waals surface area contributed by atoms with Gasteiger partial charge in [0.2, 0.25) is 0 Å². The van der Waals surface area contributed by atoms with E-state index in [1.54, 1.807) is 6.07 Å². The standard InChI is InChI=1S/C18H21ClFN3O2.HI/c1-11(2)25-14-6-4-13(5-7-14)23-18(21)22-10-17(24)12-3-8-15(19)16(20)9-12;/h3-9,11,17,24H,10H2,1-2H3,(H3,21,22,23);1H. The highest BCUT2D eigenvalue weighted by Crippen LogP contribution is 2.20. The van der Waals surface area contributed by atoms with Crippen molar-refractivity contribution in [3.8, 4) is 5.75 Å². The van der Waals surface area contributed by atoms with E-state index in [9.17, 15) is 9.50 Å². The maximum absolute atomic E-state index is 13.4. The summed E-state index contributed by atoms with van der Waals surface area (Å²) in [5.41, 5.74) is 6.93. The first-order chi connectivity index (χ1) is 11.8. The summed E-state index contributed by atoms with van der Waals surface area (Å²) in [6.07, 6.45) is -0.876. The first-order valence-corrected chi connectivity index (χ1v) is 8.19. The molecule has 0 spiro atoms. The molecule has 8 heteroatoms. The molecule has 0 radical (unpaired) electrons. The number of halogens is 3. The minimum Gasteiger partial charge on any atom is -0.491 e. The largest absolute Gasteiger partial charge is 0.491 e. The molecule has 26 heavy (non-hydrogen) atoms. The molecule has 0 saturated heterocycles. The quantitative estimate of drug-likeness (QED) is 0.318. The molecule has 0 bridgehead atoms. The van der Waals surface area contributed by atoms with E-state index in [-0.39, 0.29) is 47.6 Å². The summed E-state index contributed by atoms with van der Waals surface area (Å²) in [7, 11) is 0. The van der Waals surface area contributed by atoms with Crippen molar-refractivity contribution in [2.24, 2.45) is 10.7 Å². The van der Waals surface area contributed by atoms with Crippen LogP contribution in [0.1, 0.15) is 25.5 Å². The summed E-state index contributed by atoms with van der Waals surface area (Å²) in [6.45, 7) is 3.90. The molecule has 0 aliphatic carbocycles. The van der Waals surface area contributed by atoms with E-state index in [0.717, 1.165) is 11.4 Å². The van der Waals surface area contributed by atoms with Crippen LogP contribution in [0.15, 0.2) is 47.5 Å².